The largest absolute Gasteiger partial charge is 1.00 e. The van der Waals surface area contributed by atoms with Gasteiger partial charge in [-0.2, -0.15) is 0 Å². The van der Waals surface area contributed by atoms with E-state index in [-0.39, 0.29) is 12.4 Å². The van der Waals surface area contributed by atoms with E-state index in [9.17, 15) is 0 Å². The van der Waals surface area contributed by atoms with Crippen LogP contribution >= 0.6 is 7.26 Å². The topological polar surface area (TPSA) is 0 Å². The Hall–Kier alpha value is 0.720. The Balaban J connectivity index is 0. The molecule has 0 aliphatic rings. The molecule has 0 aromatic heterocycles. The molecule has 0 fully saturated rings. The van der Waals surface area contributed by atoms with Gasteiger partial charge in [0, 0.05) is 7.26 Å². The zero-order chi connectivity index (χ0) is 16.5. The van der Waals surface area contributed by atoms with Crippen LogP contribution in [-0.4, -0.2) is 24.6 Å². The van der Waals surface area contributed by atoms with Crippen molar-refractivity contribution in [2.45, 2.75) is 111 Å². The Morgan fingerprint density at radius 3 is 1.00 bits per heavy atom. The zero-order valence-electron chi connectivity index (χ0n) is 16.8. The molecule has 23 heavy (non-hydrogen) atoms. The molecule has 2 heteroatoms. The number of rotatable bonds is 17. The van der Waals surface area contributed by atoms with Crippen LogP contribution in [-0.2, 0) is 0 Å². The van der Waals surface area contributed by atoms with E-state index < -0.39 is 7.26 Å². The van der Waals surface area contributed by atoms with Gasteiger partial charge in [0.1, 0.15) is 0 Å². The van der Waals surface area contributed by atoms with E-state index in [2.05, 4.69) is 27.7 Å². The van der Waals surface area contributed by atoms with Crippen molar-refractivity contribution in [1.82, 2.24) is 0 Å². The first-order valence-electron chi connectivity index (χ1n) is 10.6. The average molecular weight is 365 g/mol. The quantitative estimate of drug-likeness (QED) is 0.247. The summed E-state index contributed by atoms with van der Waals surface area (Å²) in [5, 5.41) is 0. The Labute approximate surface area is 155 Å². The van der Waals surface area contributed by atoms with Crippen LogP contribution in [0.3, 0.4) is 0 Å². The summed E-state index contributed by atoms with van der Waals surface area (Å²) in [4.78, 5) is 0. The molecule has 0 amide bonds. The van der Waals surface area contributed by atoms with Crippen LogP contribution in [0, 0.1) is 0 Å². The standard InChI is InChI=1S/C21H46P.ClH/c1-5-9-12-15-19-22(18-8-4,20-16-13-10-6-2)21-17-14-11-7-3;/h5-21H2,1-4H3;1H/q+1;/p-1. The fraction of sp³-hybridized carbons (Fsp3) is 1.00. The molecule has 0 atom stereocenters. The van der Waals surface area contributed by atoms with Crippen molar-refractivity contribution in [3.63, 3.8) is 0 Å². The average Bonchev–Trinajstić information content (AvgIpc) is 2.53. The van der Waals surface area contributed by atoms with Crippen LogP contribution in [0.4, 0.5) is 0 Å². The SMILES string of the molecule is CCCCCC[P+](CCC)(CCCCCC)CCCCCC.[Cl-]. The van der Waals surface area contributed by atoms with E-state index >= 15 is 0 Å². The van der Waals surface area contributed by atoms with Gasteiger partial charge in [0.05, 0.1) is 24.6 Å². The van der Waals surface area contributed by atoms with Crippen LogP contribution in [0.1, 0.15) is 111 Å². The molecule has 142 valence electrons. The molecular formula is C21H46ClP. The molecule has 0 aliphatic carbocycles. The highest BCUT2D eigenvalue weighted by Gasteiger charge is 2.34. The lowest BCUT2D eigenvalue weighted by atomic mass is 10.2. The van der Waals surface area contributed by atoms with Gasteiger partial charge in [-0.05, 0) is 44.9 Å². The maximum Gasteiger partial charge on any atom is 0.0594 e. The summed E-state index contributed by atoms with van der Waals surface area (Å²) >= 11 is 0. The Kier molecular flexibility index (Phi) is 21.5. The summed E-state index contributed by atoms with van der Waals surface area (Å²) in [5.74, 6) is 0. The molecule has 0 aromatic carbocycles. The van der Waals surface area contributed by atoms with E-state index in [0.29, 0.717) is 0 Å². The fourth-order valence-corrected chi connectivity index (χ4v) is 8.74. The molecule has 0 bridgehead atoms. The highest BCUT2D eigenvalue weighted by Crippen LogP contribution is 2.61. The molecular weight excluding hydrogens is 319 g/mol. The molecule has 0 N–H and O–H groups in total. The lowest BCUT2D eigenvalue weighted by molar-refractivity contribution is -0.00000514. The fourth-order valence-electron chi connectivity index (χ4n) is 3.77. The van der Waals surface area contributed by atoms with Crippen LogP contribution in [0.2, 0.25) is 0 Å². The summed E-state index contributed by atoms with van der Waals surface area (Å²) in [6, 6.07) is 0. The van der Waals surface area contributed by atoms with Crippen molar-refractivity contribution in [2.75, 3.05) is 24.6 Å². The molecule has 0 unspecified atom stereocenters. The van der Waals surface area contributed by atoms with Crippen LogP contribution in [0.15, 0.2) is 0 Å². The highest BCUT2D eigenvalue weighted by atomic mass is 35.5. The first kappa shape index (κ1) is 26.0. The normalized spacial score (nSPS) is 11.5. The van der Waals surface area contributed by atoms with Gasteiger partial charge in [-0.15, -0.1) is 0 Å². The second kappa shape index (κ2) is 19.1. The second-order valence-electron chi connectivity index (χ2n) is 7.42. The Morgan fingerprint density at radius 1 is 0.391 bits per heavy atom. The van der Waals surface area contributed by atoms with E-state index in [1.54, 1.807) is 24.6 Å². The van der Waals surface area contributed by atoms with Crippen LogP contribution < -0.4 is 12.4 Å². The number of hydrogen-bond acceptors (Lipinski definition) is 0. The number of hydrogen-bond donors (Lipinski definition) is 0. The third-order valence-electron chi connectivity index (χ3n) is 5.16. The van der Waals surface area contributed by atoms with Gasteiger partial charge in [-0.25, -0.2) is 0 Å². The van der Waals surface area contributed by atoms with Crippen molar-refractivity contribution in [3.05, 3.63) is 0 Å². The van der Waals surface area contributed by atoms with Gasteiger partial charge in [-0.3, -0.25) is 0 Å². The van der Waals surface area contributed by atoms with Gasteiger partial charge < -0.3 is 12.4 Å². The molecule has 0 heterocycles. The van der Waals surface area contributed by atoms with Crippen LogP contribution in [0.5, 0.6) is 0 Å². The van der Waals surface area contributed by atoms with Gasteiger partial charge in [-0.1, -0.05) is 66.2 Å². The summed E-state index contributed by atoms with van der Waals surface area (Å²) in [6.07, 6.45) is 25.5. The molecule has 0 nitrogen and oxygen atoms in total. The van der Waals surface area contributed by atoms with E-state index in [4.69, 9.17) is 0 Å². The van der Waals surface area contributed by atoms with E-state index in [1.807, 2.05) is 0 Å². The summed E-state index contributed by atoms with van der Waals surface area (Å²) in [5.41, 5.74) is 0. The van der Waals surface area contributed by atoms with Crippen molar-refractivity contribution in [3.8, 4) is 0 Å². The number of unbranched alkanes of at least 4 members (excludes halogenated alkanes) is 9. The smallest absolute Gasteiger partial charge is 0.0594 e. The highest BCUT2D eigenvalue weighted by molar-refractivity contribution is 7.75. The van der Waals surface area contributed by atoms with Crippen LogP contribution in [0.25, 0.3) is 0 Å². The van der Waals surface area contributed by atoms with Gasteiger partial charge >= 0.3 is 0 Å². The molecule has 0 aromatic rings. The summed E-state index contributed by atoms with van der Waals surface area (Å²) in [7, 11) is -0.617. The minimum absolute atomic E-state index is 0. The van der Waals surface area contributed by atoms with Crippen molar-refractivity contribution in [2.24, 2.45) is 0 Å². The van der Waals surface area contributed by atoms with Crippen molar-refractivity contribution >= 4 is 7.26 Å². The first-order valence-corrected chi connectivity index (χ1v) is 13.1. The lowest BCUT2D eigenvalue weighted by Crippen LogP contribution is -3.00. The predicted octanol–water partition coefficient (Wildman–Crippen LogP) is 5.16. The van der Waals surface area contributed by atoms with Crippen molar-refractivity contribution in [1.29, 1.82) is 0 Å². The van der Waals surface area contributed by atoms with Gasteiger partial charge in [0.2, 0.25) is 0 Å². The van der Waals surface area contributed by atoms with Crippen molar-refractivity contribution < 1.29 is 12.4 Å². The maximum absolute atomic E-state index is 2.43. The predicted molar refractivity (Wildman–Crippen MR) is 109 cm³/mol. The monoisotopic (exact) mass is 364 g/mol. The lowest BCUT2D eigenvalue weighted by Gasteiger charge is -2.28. The molecule has 0 aliphatic heterocycles. The van der Waals surface area contributed by atoms with Gasteiger partial charge in [0.25, 0.3) is 0 Å². The Morgan fingerprint density at radius 2 is 0.739 bits per heavy atom. The number of halogens is 1. The minimum atomic E-state index is -0.617. The summed E-state index contributed by atoms with van der Waals surface area (Å²) in [6.45, 7) is 9.44. The maximum atomic E-state index is 2.43. The molecule has 0 rings (SSSR count). The van der Waals surface area contributed by atoms with E-state index in [0.717, 1.165) is 0 Å². The third kappa shape index (κ3) is 14.7. The first-order chi connectivity index (χ1) is 10.7. The van der Waals surface area contributed by atoms with E-state index in [1.165, 1.54) is 83.5 Å². The third-order valence-corrected chi connectivity index (χ3v) is 10.3. The minimum Gasteiger partial charge on any atom is -1.00 e. The molecule has 0 saturated carbocycles. The zero-order valence-corrected chi connectivity index (χ0v) is 18.5. The molecule has 0 radical (unpaired) electrons. The summed E-state index contributed by atoms with van der Waals surface area (Å²) < 4.78 is 0. The second-order valence-corrected chi connectivity index (χ2v) is 11.9. The molecule has 0 spiro atoms. The Bertz CT molecular complexity index is 187. The molecule has 0 saturated heterocycles. The van der Waals surface area contributed by atoms with Gasteiger partial charge in [0.15, 0.2) is 0 Å².